The zero-order chi connectivity index (χ0) is 17.6. The number of carbonyl (C=O) groups is 1. The quantitative estimate of drug-likeness (QED) is 0.418. The molecule has 0 spiro atoms. The molecule has 0 atom stereocenters. The van der Waals surface area contributed by atoms with Crippen molar-refractivity contribution in [2.45, 2.75) is 13.8 Å². The molecule has 4 aromatic rings. The molecule has 3 heterocycles. The summed E-state index contributed by atoms with van der Waals surface area (Å²) in [6.45, 7) is 3.97. The molecule has 0 saturated heterocycles. The number of nitrogen functional groups attached to an aromatic ring is 1. The molecule has 3 aromatic heterocycles. The summed E-state index contributed by atoms with van der Waals surface area (Å²) >= 11 is -0.327. The van der Waals surface area contributed by atoms with Crippen molar-refractivity contribution >= 4 is 47.2 Å². The van der Waals surface area contributed by atoms with Gasteiger partial charge in [0.1, 0.15) is 0 Å². The van der Waals surface area contributed by atoms with Crippen molar-refractivity contribution in [3.8, 4) is 5.69 Å². The number of aromatic nitrogens is 4. The van der Waals surface area contributed by atoms with Gasteiger partial charge in [0, 0.05) is 0 Å². The number of benzene rings is 1. The Kier molecular flexibility index (Phi) is 3.78. The average molecular weight is 400 g/mol. The Balaban J connectivity index is 1.97. The first-order chi connectivity index (χ1) is 12.1. The number of ether oxygens (including phenoxy) is 1. The molecule has 0 radical (unpaired) electrons. The molecule has 0 unspecified atom stereocenters. The van der Waals surface area contributed by atoms with Crippen LogP contribution < -0.4 is 5.73 Å². The summed E-state index contributed by atoms with van der Waals surface area (Å²) in [6, 6.07) is 9.76. The van der Waals surface area contributed by atoms with E-state index in [2.05, 4.69) is 10.1 Å². The molecule has 2 N–H and O–H groups in total. The van der Waals surface area contributed by atoms with Gasteiger partial charge in [0.05, 0.1) is 0 Å². The molecule has 126 valence electrons. The number of nitrogens with two attached hydrogens (primary N) is 1. The standard InChI is InChI=1S/C17H15N5O2Se/c1-3-24-17(23)14-11(18)13-16(25-14)20-15-12(19-13)9(2)21-22(15)10-7-5-4-6-8-10/h4-8H,3,18H2,1-2H3. The van der Waals surface area contributed by atoms with Crippen LogP contribution in [0.4, 0.5) is 5.69 Å². The molecule has 0 saturated carbocycles. The van der Waals surface area contributed by atoms with Crippen LogP contribution in [0.1, 0.15) is 21.8 Å². The monoisotopic (exact) mass is 401 g/mol. The van der Waals surface area contributed by atoms with Gasteiger partial charge in [-0.3, -0.25) is 0 Å². The molecule has 8 heteroatoms. The third-order valence-corrected chi connectivity index (χ3v) is 6.04. The molecule has 0 bridgehead atoms. The van der Waals surface area contributed by atoms with Gasteiger partial charge in [0.2, 0.25) is 0 Å². The molecular weight excluding hydrogens is 385 g/mol. The first-order valence-electron chi connectivity index (χ1n) is 7.78. The van der Waals surface area contributed by atoms with E-state index >= 15 is 0 Å². The van der Waals surface area contributed by atoms with E-state index in [9.17, 15) is 4.79 Å². The van der Waals surface area contributed by atoms with Crippen LogP contribution in [-0.2, 0) is 4.74 Å². The van der Waals surface area contributed by atoms with Gasteiger partial charge in [-0.05, 0) is 0 Å². The number of aryl methyl sites for hydroxylation is 1. The van der Waals surface area contributed by atoms with E-state index in [1.807, 2.05) is 37.3 Å². The fourth-order valence-corrected chi connectivity index (χ4v) is 4.59. The fourth-order valence-electron chi connectivity index (χ4n) is 2.65. The van der Waals surface area contributed by atoms with Crippen LogP contribution in [0.5, 0.6) is 0 Å². The van der Waals surface area contributed by atoms with E-state index < -0.39 is 0 Å². The SMILES string of the molecule is CCOC(=O)c1[se]c2nc3c(nc2c1N)c(C)nn3-c1ccccc1. The second-order valence-corrected chi connectivity index (χ2v) is 7.54. The minimum absolute atomic E-state index is 0.312. The Morgan fingerprint density at radius 2 is 2.00 bits per heavy atom. The summed E-state index contributed by atoms with van der Waals surface area (Å²) in [5.74, 6) is -0.384. The van der Waals surface area contributed by atoms with Crippen molar-refractivity contribution in [1.82, 2.24) is 19.7 Å². The predicted molar refractivity (Wildman–Crippen MR) is 96.2 cm³/mol. The number of anilines is 1. The number of hydrogen-bond donors (Lipinski definition) is 1. The van der Waals surface area contributed by atoms with E-state index in [0.29, 0.717) is 33.4 Å². The second kappa shape index (κ2) is 5.98. The van der Waals surface area contributed by atoms with E-state index in [1.165, 1.54) is 0 Å². The Morgan fingerprint density at radius 3 is 2.72 bits per heavy atom. The molecule has 0 amide bonds. The summed E-state index contributed by atoms with van der Waals surface area (Å²) in [7, 11) is 0. The Bertz CT molecular complexity index is 1100. The zero-order valence-electron chi connectivity index (χ0n) is 13.7. The summed E-state index contributed by atoms with van der Waals surface area (Å²) in [5.41, 5.74) is 10.1. The molecule has 0 aliphatic rings. The van der Waals surface area contributed by atoms with Gasteiger partial charge in [0.25, 0.3) is 0 Å². The fraction of sp³-hybridized carbons (Fsp3) is 0.176. The van der Waals surface area contributed by atoms with Crippen LogP contribution in [0, 0.1) is 6.92 Å². The van der Waals surface area contributed by atoms with E-state index in [4.69, 9.17) is 15.5 Å². The van der Waals surface area contributed by atoms with Gasteiger partial charge < -0.3 is 0 Å². The van der Waals surface area contributed by atoms with Crippen molar-refractivity contribution in [1.29, 1.82) is 0 Å². The normalized spacial score (nSPS) is 11.3. The first kappa shape index (κ1) is 15.8. The van der Waals surface area contributed by atoms with Crippen LogP contribution in [0.15, 0.2) is 30.3 Å². The van der Waals surface area contributed by atoms with Crippen molar-refractivity contribution in [3.63, 3.8) is 0 Å². The number of nitrogens with zero attached hydrogens (tertiary/aromatic N) is 4. The Hall–Kier alpha value is -2.70. The number of hydrogen-bond acceptors (Lipinski definition) is 6. The second-order valence-electron chi connectivity index (χ2n) is 5.45. The van der Waals surface area contributed by atoms with E-state index in [0.717, 1.165) is 15.8 Å². The zero-order valence-corrected chi connectivity index (χ0v) is 15.4. The van der Waals surface area contributed by atoms with Crippen LogP contribution in [-0.4, -0.2) is 46.8 Å². The summed E-state index contributed by atoms with van der Waals surface area (Å²) in [4.78, 5) is 21.5. The van der Waals surface area contributed by atoms with Gasteiger partial charge in [-0.2, -0.15) is 0 Å². The molecule has 0 aliphatic carbocycles. The maximum atomic E-state index is 12.1. The van der Waals surface area contributed by atoms with Gasteiger partial charge in [-0.25, -0.2) is 0 Å². The van der Waals surface area contributed by atoms with Crippen molar-refractivity contribution in [2.24, 2.45) is 0 Å². The van der Waals surface area contributed by atoms with E-state index in [1.54, 1.807) is 11.6 Å². The maximum absolute atomic E-state index is 12.1. The molecule has 7 nitrogen and oxygen atoms in total. The third-order valence-electron chi connectivity index (χ3n) is 3.80. The first-order valence-corrected chi connectivity index (χ1v) is 9.49. The van der Waals surface area contributed by atoms with Crippen LogP contribution in [0.3, 0.4) is 0 Å². The van der Waals surface area contributed by atoms with Crippen LogP contribution >= 0.6 is 0 Å². The molecule has 25 heavy (non-hydrogen) atoms. The Labute approximate surface area is 149 Å². The molecule has 0 aliphatic heterocycles. The number of esters is 1. The number of para-hydroxylation sites is 1. The average Bonchev–Trinajstić information content (AvgIpc) is 3.12. The minimum atomic E-state index is -0.384. The number of carbonyl (C=O) groups excluding carboxylic acids is 1. The van der Waals surface area contributed by atoms with Gasteiger partial charge in [-0.15, -0.1) is 0 Å². The van der Waals surface area contributed by atoms with Gasteiger partial charge in [0.15, 0.2) is 0 Å². The van der Waals surface area contributed by atoms with Crippen molar-refractivity contribution in [2.75, 3.05) is 12.3 Å². The van der Waals surface area contributed by atoms with Gasteiger partial charge in [-0.1, -0.05) is 0 Å². The molecule has 4 rings (SSSR count). The predicted octanol–water partition coefficient (Wildman–Crippen LogP) is 2.09. The van der Waals surface area contributed by atoms with Crippen LogP contribution in [0.25, 0.3) is 26.8 Å². The van der Waals surface area contributed by atoms with Crippen molar-refractivity contribution in [3.05, 3.63) is 40.5 Å². The molecule has 0 fully saturated rings. The summed E-state index contributed by atoms with van der Waals surface area (Å²) < 4.78 is 8.07. The topological polar surface area (TPSA) is 95.9 Å². The summed E-state index contributed by atoms with van der Waals surface area (Å²) in [5, 5.41) is 4.56. The summed E-state index contributed by atoms with van der Waals surface area (Å²) in [6.07, 6.45) is 0. The molecular formula is C17H15N5O2Se. The van der Waals surface area contributed by atoms with E-state index in [-0.39, 0.29) is 20.5 Å². The molecule has 1 aromatic carbocycles. The Morgan fingerprint density at radius 1 is 1.24 bits per heavy atom. The van der Waals surface area contributed by atoms with Crippen molar-refractivity contribution < 1.29 is 9.53 Å². The van der Waals surface area contributed by atoms with Gasteiger partial charge >= 0.3 is 149 Å². The number of rotatable bonds is 3. The van der Waals surface area contributed by atoms with Crippen LogP contribution in [0.2, 0.25) is 0 Å². The number of fused-ring (bicyclic) bond motifs is 2. The third kappa shape index (κ3) is 2.50.